The van der Waals surface area contributed by atoms with Crippen LogP contribution in [0.3, 0.4) is 0 Å². The van der Waals surface area contributed by atoms with Gasteiger partial charge >= 0.3 is 6.36 Å². The van der Waals surface area contributed by atoms with Crippen LogP contribution in [0.5, 0.6) is 11.6 Å². The largest absolute Gasteiger partial charge is 0.573 e. The van der Waals surface area contributed by atoms with Crippen LogP contribution in [-0.2, 0) is 0 Å². The normalized spacial score (nSPS) is 11.4. The van der Waals surface area contributed by atoms with Crippen LogP contribution in [0.25, 0.3) is 16.9 Å². The average Bonchev–Trinajstić information content (AvgIpc) is 3.02. The zero-order valence-corrected chi connectivity index (χ0v) is 14.4. The molecule has 0 radical (unpaired) electrons. The van der Waals surface area contributed by atoms with E-state index in [-0.39, 0.29) is 5.75 Å². The summed E-state index contributed by atoms with van der Waals surface area (Å²) in [4.78, 5) is 4.02. The number of methoxy groups -OCH3 is 1. The van der Waals surface area contributed by atoms with Gasteiger partial charge in [-0.1, -0.05) is 15.9 Å². The highest BCUT2D eigenvalue weighted by Gasteiger charge is 2.31. The van der Waals surface area contributed by atoms with Crippen LogP contribution in [0.15, 0.2) is 53.3 Å². The molecule has 0 unspecified atom stereocenters. The molecule has 0 saturated heterocycles. The number of aromatic nitrogens is 3. The van der Waals surface area contributed by atoms with Crippen molar-refractivity contribution in [1.82, 2.24) is 14.8 Å². The summed E-state index contributed by atoms with van der Waals surface area (Å²) < 4.78 is 48.6. The highest BCUT2D eigenvalue weighted by Crippen LogP contribution is 2.32. The number of alkyl halides is 3. The lowest BCUT2D eigenvalue weighted by atomic mass is 10.1. The van der Waals surface area contributed by atoms with E-state index < -0.39 is 6.36 Å². The number of hydrogen-bond donors (Lipinski definition) is 0. The van der Waals surface area contributed by atoms with Gasteiger partial charge in [0.05, 0.1) is 24.7 Å². The van der Waals surface area contributed by atoms with Crippen LogP contribution in [0, 0.1) is 0 Å². The molecule has 0 N–H and O–H groups in total. The first-order valence-corrected chi connectivity index (χ1v) is 7.76. The van der Waals surface area contributed by atoms with Gasteiger partial charge in [0.1, 0.15) is 5.75 Å². The lowest BCUT2D eigenvalue weighted by Gasteiger charge is -2.12. The third-order valence-corrected chi connectivity index (χ3v) is 3.67. The summed E-state index contributed by atoms with van der Waals surface area (Å²) in [5.41, 5.74) is 1.74. The van der Waals surface area contributed by atoms with E-state index in [2.05, 4.69) is 30.7 Å². The minimum absolute atomic E-state index is 0.322. The van der Waals surface area contributed by atoms with Crippen molar-refractivity contribution in [3.8, 4) is 28.6 Å². The van der Waals surface area contributed by atoms with Gasteiger partial charge < -0.3 is 9.47 Å². The van der Waals surface area contributed by atoms with Crippen LogP contribution >= 0.6 is 15.9 Å². The van der Waals surface area contributed by atoms with Crippen molar-refractivity contribution in [2.75, 3.05) is 7.11 Å². The van der Waals surface area contributed by atoms with E-state index in [0.29, 0.717) is 27.3 Å². The first kappa shape index (κ1) is 17.3. The summed E-state index contributed by atoms with van der Waals surface area (Å²) in [6, 6.07) is 9.28. The molecule has 1 aromatic carbocycles. The minimum atomic E-state index is -4.77. The Morgan fingerprint density at radius 3 is 2.60 bits per heavy atom. The molecule has 0 fully saturated rings. The van der Waals surface area contributed by atoms with Gasteiger partial charge in [-0.25, -0.2) is 9.67 Å². The van der Waals surface area contributed by atoms with Gasteiger partial charge in [0.2, 0.25) is 5.88 Å². The van der Waals surface area contributed by atoms with Gasteiger partial charge in [0.15, 0.2) is 0 Å². The van der Waals surface area contributed by atoms with Crippen molar-refractivity contribution >= 4 is 15.9 Å². The van der Waals surface area contributed by atoms with E-state index in [1.165, 1.54) is 19.2 Å². The molecule has 5 nitrogen and oxygen atoms in total. The Labute approximate surface area is 149 Å². The second-order valence-corrected chi connectivity index (χ2v) is 5.82. The lowest BCUT2D eigenvalue weighted by molar-refractivity contribution is -0.274. The second-order valence-electron chi connectivity index (χ2n) is 4.91. The van der Waals surface area contributed by atoms with Crippen molar-refractivity contribution in [3.05, 3.63) is 53.3 Å². The standard InChI is InChI=1S/C16H11BrF3N3O2/c1-24-15-9-12(2-4-21-15)23-14(3-5-22-23)10-6-11(17)8-13(7-10)25-16(18,19)20/h2-9H,1H3. The molecule has 3 rings (SSSR count). The summed E-state index contributed by atoms with van der Waals surface area (Å²) in [6.07, 6.45) is -1.66. The van der Waals surface area contributed by atoms with Crippen molar-refractivity contribution in [3.63, 3.8) is 0 Å². The smallest absolute Gasteiger partial charge is 0.481 e. The van der Waals surface area contributed by atoms with Crippen LogP contribution < -0.4 is 9.47 Å². The molecule has 2 heterocycles. The topological polar surface area (TPSA) is 49.2 Å². The molecule has 0 aliphatic carbocycles. The molecule has 130 valence electrons. The molecule has 0 saturated carbocycles. The van der Waals surface area contributed by atoms with E-state index in [1.807, 2.05) is 0 Å². The van der Waals surface area contributed by atoms with Crippen molar-refractivity contribution in [2.24, 2.45) is 0 Å². The molecular weight excluding hydrogens is 403 g/mol. The van der Waals surface area contributed by atoms with E-state index in [9.17, 15) is 13.2 Å². The van der Waals surface area contributed by atoms with Crippen molar-refractivity contribution in [2.45, 2.75) is 6.36 Å². The number of halogens is 4. The summed E-state index contributed by atoms with van der Waals surface area (Å²) in [7, 11) is 1.49. The predicted octanol–water partition coefficient (Wildman–Crippen LogP) is 4.60. The summed E-state index contributed by atoms with van der Waals surface area (Å²) in [5, 5.41) is 4.23. The highest BCUT2D eigenvalue weighted by atomic mass is 79.9. The Balaban J connectivity index is 2.05. The van der Waals surface area contributed by atoms with Crippen LogP contribution in [0.2, 0.25) is 0 Å². The third-order valence-electron chi connectivity index (χ3n) is 3.22. The fourth-order valence-corrected chi connectivity index (χ4v) is 2.75. The molecule has 0 spiro atoms. The monoisotopic (exact) mass is 413 g/mol. The van der Waals surface area contributed by atoms with Gasteiger partial charge in [-0.3, -0.25) is 0 Å². The van der Waals surface area contributed by atoms with Crippen LogP contribution in [0.1, 0.15) is 0 Å². The first-order chi connectivity index (χ1) is 11.9. The van der Waals surface area contributed by atoms with Gasteiger partial charge in [0, 0.05) is 22.3 Å². The number of ether oxygens (including phenoxy) is 2. The number of hydrogen-bond acceptors (Lipinski definition) is 4. The van der Waals surface area contributed by atoms with E-state index >= 15 is 0 Å². The Kier molecular flexibility index (Phi) is 4.67. The fourth-order valence-electron chi connectivity index (χ4n) is 2.27. The van der Waals surface area contributed by atoms with E-state index in [4.69, 9.17) is 4.74 Å². The molecule has 25 heavy (non-hydrogen) atoms. The minimum Gasteiger partial charge on any atom is -0.481 e. The molecule has 3 aromatic rings. The quantitative estimate of drug-likeness (QED) is 0.626. The molecule has 9 heteroatoms. The van der Waals surface area contributed by atoms with Gasteiger partial charge in [-0.15, -0.1) is 13.2 Å². The molecule has 0 aliphatic heterocycles. The fraction of sp³-hybridized carbons (Fsp3) is 0.125. The first-order valence-electron chi connectivity index (χ1n) is 6.97. The maximum Gasteiger partial charge on any atom is 0.573 e. The van der Waals surface area contributed by atoms with Gasteiger partial charge in [-0.2, -0.15) is 5.10 Å². The molecule has 0 atom stereocenters. The van der Waals surface area contributed by atoms with Gasteiger partial charge in [0.25, 0.3) is 0 Å². The molecule has 0 bridgehead atoms. The summed E-state index contributed by atoms with van der Waals surface area (Å²) in [6.45, 7) is 0. The molecule has 0 aliphatic rings. The lowest BCUT2D eigenvalue weighted by Crippen LogP contribution is -2.17. The Hall–Kier alpha value is -2.55. The summed E-state index contributed by atoms with van der Waals surface area (Å²) in [5.74, 6) is 0.0752. The molecular formula is C16H11BrF3N3O2. The number of nitrogens with zero attached hydrogens (tertiary/aromatic N) is 3. The number of benzene rings is 1. The van der Waals surface area contributed by atoms with E-state index in [1.54, 1.807) is 41.3 Å². The zero-order chi connectivity index (χ0) is 18.0. The Bertz CT molecular complexity index is 896. The third kappa shape index (κ3) is 4.11. The van der Waals surface area contributed by atoms with Crippen LogP contribution in [-0.4, -0.2) is 28.2 Å². The SMILES string of the molecule is COc1cc(-n2nccc2-c2cc(Br)cc(OC(F)(F)F)c2)ccn1. The van der Waals surface area contributed by atoms with Crippen LogP contribution in [0.4, 0.5) is 13.2 Å². The maximum atomic E-state index is 12.5. The predicted molar refractivity (Wildman–Crippen MR) is 87.7 cm³/mol. The summed E-state index contributed by atoms with van der Waals surface area (Å²) >= 11 is 3.20. The van der Waals surface area contributed by atoms with E-state index in [0.717, 1.165) is 0 Å². The second kappa shape index (κ2) is 6.75. The Morgan fingerprint density at radius 1 is 1.08 bits per heavy atom. The Morgan fingerprint density at radius 2 is 1.88 bits per heavy atom. The number of rotatable bonds is 4. The highest BCUT2D eigenvalue weighted by molar-refractivity contribution is 9.10. The van der Waals surface area contributed by atoms with Crippen molar-refractivity contribution in [1.29, 1.82) is 0 Å². The molecule has 2 aromatic heterocycles. The van der Waals surface area contributed by atoms with Crippen molar-refractivity contribution < 1.29 is 22.6 Å². The van der Waals surface area contributed by atoms with Gasteiger partial charge in [-0.05, 0) is 30.3 Å². The molecule has 0 amide bonds. The average molecular weight is 414 g/mol. The zero-order valence-electron chi connectivity index (χ0n) is 12.8. The maximum absolute atomic E-state index is 12.5. The number of pyridine rings is 1.